The van der Waals surface area contributed by atoms with E-state index in [2.05, 4.69) is 15.6 Å². The highest BCUT2D eigenvalue weighted by Crippen LogP contribution is 2.38. The maximum atomic E-state index is 13.0. The number of nitrogens with zero attached hydrogens (tertiary/aromatic N) is 1. The number of fused-ring (bicyclic) bond motifs is 1. The third-order valence-electron chi connectivity index (χ3n) is 4.68. The molecule has 0 spiro atoms. The summed E-state index contributed by atoms with van der Waals surface area (Å²) < 4.78 is 5.52. The van der Waals surface area contributed by atoms with E-state index in [1.807, 2.05) is 18.2 Å². The van der Waals surface area contributed by atoms with Gasteiger partial charge in [-0.25, -0.2) is 0 Å². The molecule has 0 unspecified atom stereocenters. The van der Waals surface area contributed by atoms with Crippen LogP contribution in [-0.2, 0) is 17.6 Å². The molecule has 29 heavy (non-hydrogen) atoms. The van der Waals surface area contributed by atoms with Crippen molar-refractivity contribution in [2.75, 3.05) is 17.2 Å². The van der Waals surface area contributed by atoms with Gasteiger partial charge >= 0.3 is 0 Å². The molecule has 2 heterocycles. The Bertz CT molecular complexity index is 1000. The molecular formula is C22H21N3O3S. The minimum absolute atomic E-state index is 0.115. The fourth-order valence-electron chi connectivity index (χ4n) is 3.35. The smallest absolute Gasteiger partial charge is 0.262 e. The summed E-state index contributed by atoms with van der Waals surface area (Å²) in [6.07, 6.45) is 7.17. The molecule has 4 rings (SSSR count). The van der Waals surface area contributed by atoms with Crippen molar-refractivity contribution in [2.45, 2.75) is 25.7 Å². The van der Waals surface area contributed by atoms with Gasteiger partial charge in [0.25, 0.3) is 11.8 Å². The molecule has 0 saturated heterocycles. The van der Waals surface area contributed by atoms with Gasteiger partial charge in [0, 0.05) is 11.1 Å². The second kappa shape index (κ2) is 8.87. The molecule has 0 radical (unpaired) electrons. The van der Waals surface area contributed by atoms with Gasteiger partial charge in [0.05, 0.1) is 17.4 Å². The Morgan fingerprint density at radius 2 is 1.86 bits per heavy atom. The molecule has 6 nitrogen and oxygen atoms in total. The average Bonchev–Trinajstić information content (AvgIpc) is 3.11. The van der Waals surface area contributed by atoms with Crippen LogP contribution in [0.25, 0.3) is 0 Å². The van der Waals surface area contributed by atoms with Gasteiger partial charge < -0.3 is 15.4 Å². The summed E-state index contributed by atoms with van der Waals surface area (Å²) in [5.74, 6) is 0.113. The number of thiophene rings is 1. The highest BCUT2D eigenvalue weighted by atomic mass is 32.1. The zero-order chi connectivity index (χ0) is 20.1. The summed E-state index contributed by atoms with van der Waals surface area (Å²) in [4.78, 5) is 30.7. The monoisotopic (exact) mass is 407 g/mol. The highest BCUT2D eigenvalue weighted by Gasteiger charge is 2.26. The van der Waals surface area contributed by atoms with E-state index in [0.717, 1.165) is 31.2 Å². The van der Waals surface area contributed by atoms with Crippen LogP contribution in [-0.4, -0.2) is 23.4 Å². The molecule has 2 N–H and O–H groups in total. The predicted molar refractivity (Wildman–Crippen MR) is 114 cm³/mol. The Balaban J connectivity index is 1.52. The van der Waals surface area contributed by atoms with Gasteiger partial charge in [0.15, 0.2) is 6.61 Å². The van der Waals surface area contributed by atoms with Crippen LogP contribution in [0.3, 0.4) is 0 Å². The standard InChI is InChI=1S/C22H21N3O3S/c26-19(14-28-16-8-2-1-3-9-16)25-22-20(17-10-4-5-11-18(17)29-22)21(27)24-15-7-6-12-23-13-15/h1-3,6-9,12-13H,4-5,10-11,14H2,(H,24,27)(H,25,26). The molecular weight excluding hydrogens is 386 g/mol. The van der Waals surface area contributed by atoms with E-state index in [0.29, 0.717) is 22.0 Å². The van der Waals surface area contributed by atoms with Crippen LogP contribution < -0.4 is 15.4 Å². The number of carbonyl (C=O) groups is 2. The quantitative estimate of drug-likeness (QED) is 0.639. The van der Waals surface area contributed by atoms with Crippen LogP contribution in [0.4, 0.5) is 10.7 Å². The molecule has 0 fully saturated rings. The molecule has 0 bridgehead atoms. The molecule has 2 amide bonds. The second-order valence-electron chi connectivity index (χ2n) is 6.76. The van der Waals surface area contributed by atoms with Crippen LogP contribution in [0.5, 0.6) is 5.75 Å². The van der Waals surface area contributed by atoms with Gasteiger partial charge in [-0.1, -0.05) is 18.2 Å². The number of anilines is 2. The van der Waals surface area contributed by atoms with Crippen molar-refractivity contribution >= 4 is 33.8 Å². The first-order valence-electron chi connectivity index (χ1n) is 9.54. The van der Waals surface area contributed by atoms with Crippen LogP contribution in [0.1, 0.15) is 33.6 Å². The minimum Gasteiger partial charge on any atom is -0.484 e. The van der Waals surface area contributed by atoms with Crippen LogP contribution in [0.15, 0.2) is 54.9 Å². The van der Waals surface area contributed by atoms with Crippen molar-refractivity contribution in [3.8, 4) is 5.75 Å². The molecule has 1 aliphatic rings. The van der Waals surface area contributed by atoms with Gasteiger partial charge in [-0.2, -0.15) is 0 Å². The number of ether oxygens (including phenoxy) is 1. The van der Waals surface area contributed by atoms with Gasteiger partial charge in [-0.05, 0) is 55.5 Å². The van der Waals surface area contributed by atoms with Crippen molar-refractivity contribution in [3.63, 3.8) is 0 Å². The zero-order valence-corrected chi connectivity index (χ0v) is 16.6. The van der Waals surface area contributed by atoms with Crippen molar-refractivity contribution in [2.24, 2.45) is 0 Å². The van der Waals surface area contributed by atoms with Gasteiger partial charge in [0.2, 0.25) is 0 Å². The largest absolute Gasteiger partial charge is 0.484 e. The number of hydrogen-bond acceptors (Lipinski definition) is 5. The summed E-state index contributed by atoms with van der Waals surface area (Å²) in [6, 6.07) is 12.7. The number of aromatic nitrogens is 1. The lowest BCUT2D eigenvalue weighted by atomic mass is 9.95. The second-order valence-corrected chi connectivity index (χ2v) is 7.87. The summed E-state index contributed by atoms with van der Waals surface area (Å²) in [5, 5.41) is 6.35. The number of para-hydroxylation sites is 1. The number of rotatable bonds is 6. The number of benzene rings is 1. The van der Waals surface area contributed by atoms with E-state index >= 15 is 0 Å². The lowest BCUT2D eigenvalue weighted by Gasteiger charge is -2.13. The molecule has 7 heteroatoms. The molecule has 1 aromatic carbocycles. The molecule has 2 aromatic heterocycles. The summed E-state index contributed by atoms with van der Waals surface area (Å²) in [6.45, 7) is -0.115. The van der Waals surface area contributed by atoms with E-state index in [1.165, 1.54) is 16.2 Å². The Hall–Kier alpha value is -3.19. The summed E-state index contributed by atoms with van der Waals surface area (Å²) in [7, 11) is 0. The average molecular weight is 407 g/mol. The van der Waals surface area contributed by atoms with Gasteiger partial charge in [-0.3, -0.25) is 14.6 Å². The van der Waals surface area contributed by atoms with Crippen LogP contribution in [0, 0.1) is 0 Å². The first-order valence-corrected chi connectivity index (χ1v) is 10.4. The Morgan fingerprint density at radius 1 is 1.03 bits per heavy atom. The van der Waals surface area contributed by atoms with E-state index in [9.17, 15) is 9.59 Å². The van der Waals surface area contributed by atoms with E-state index in [4.69, 9.17) is 4.74 Å². The molecule has 0 atom stereocenters. The van der Waals surface area contributed by atoms with Crippen LogP contribution >= 0.6 is 11.3 Å². The number of hydrogen-bond donors (Lipinski definition) is 2. The number of nitrogens with one attached hydrogen (secondary N) is 2. The first-order chi connectivity index (χ1) is 14.2. The normalized spacial score (nSPS) is 12.7. The fraction of sp³-hybridized carbons (Fsp3) is 0.227. The van der Waals surface area contributed by atoms with Crippen molar-refractivity contribution in [1.29, 1.82) is 0 Å². The number of pyridine rings is 1. The molecule has 0 saturated carbocycles. The predicted octanol–water partition coefficient (Wildman–Crippen LogP) is 4.29. The SMILES string of the molecule is O=C(COc1ccccc1)Nc1sc2c(c1C(=O)Nc1cccnc1)CCCC2. The highest BCUT2D eigenvalue weighted by molar-refractivity contribution is 7.17. The van der Waals surface area contributed by atoms with Crippen LogP contribution in [0.2, 0.25) is 0 Å². The molecule has 0 aliphatic heterocycles. The third-order valence-corrected chi connectivity index (χ3v) is 5.89. The third kappa shape index (κ3) is 4.63. The molecule has 1 aliphatic carbocycles. The lowest BCUT2D eigenvalue weighted by molar-refractivity contribution is -0.118. The fourth-order valence-corrected chi connectivity index (χ4v) is 4.66. The van der Waals surface area contributed by atoms with E-state index in [-0.39, 0.29) is 18.4 Å². The van der Waals surface area contributed by atoms with E-state index < -0.39 is 0 Å². The maximum Gasteiger partial charge on any atom is 0.262 e. The van der Waals surface area contributed by atoms with Gasteiger partial charge in [0.1, 0.15) is 10.8 Å². The number of aryl methyl sites for hydroxylation is 1. The lowest BCUT2D eigenvalue weighted by Crippen LogP contribution is -2.22. The molecule has 3 aromatic rings. The van der Waals surface area contributed by atoms with Gasteiger partial charge in [-0.15, -0.1) is 11.3 Å². The Kier molecular flexibility index (Phi) is 5.86. The summed E-state index contributed by atoms with van der Waals surface area (Å²) in [5.41, 5.74) is 2.22. The Morgan fingerprint density at radius 3 is 2.66 bits per heavy atom. The molecule has 148 valence electrons. The van der Waals surface area contributed by atoms with E-state index in [1.54, 1.807) is 36.7 Å². The van der Waals surface area contributed by atoms with Crippen molar-refractivity contribution < 1.29 is 14.3 Å². The van der Waals surface area contributed by atoms with Crippen molar-refractivity contribution in [1.82, 2.24) is 4.98 Å². The topological polar surface area (TPSA) is 80.3 Å². The number of amides is 2. The first kappa shape index (κ1) is 19.1. The summed E-state index contributed by atoms with van der Waals surface area (Å²) >= 11 is 1.49. The maximum absolute atomic E-state index is 13.0. The minimum atomic E-state index is -0.289. The Labute approximate surface area is 172 Å². The van der Waals surface area contributed by atoms with Crippen molar-refractivity contribution in [3.05, 3.63) is 70.9 Å². The number of carbonyl (C=O) groups excluding carboxylic acids is 2. The zero-order valence-electron chi connectivity index (χ0n) is 15.8.